The van der Waals surface area contributed by atoms with Crippen LogP contribution >= 0.6 is 24.0 Å². The van der Waals surface area contributed by atoms with Gasteiger partial charge in [-0.05, 0) is 53.9 Å². The molecule has 0 aliphatic carbocycles. The molecule has 0 radical (unpaired) electrons. The third-order valence-electron chi connectivity index (χ3n) is 5.21. The Labute approximate surface area is 208 Å². The van der Waals surface area contributed by atoms with E-state index in [-0.39, 0.29) is 18.2 Å². The van der Waals surface area contributed by atoms with Crippen LogP contribution in [0.4, 0.5) is 4.39 Å². The number of hydrogen-bond acceptors (Lipinski definition) is 6. The van der Waals surface area contributed by atoms with Crippen LogP contribution in [0.1, 0.15) is 23.1 Å². The van der Waals surface area contributed by atoms with Crippen molar-refractivity contribution in [1.82, 2.24) is 15.5 Å². The lowest BCUT2D eigenvalue weighted by Crippen LogP contribution is -2.25. The lowest BCUT2D eigenvalue weighted by atomic mass is 10.1. The predicted molar refractivity (Wildman–Crippen MR) is 131 cm³/mol. The third-order valence-corrected chi connectivity index (χ3v) is 5.53. The smallest absolute Gasteiger partial charge is 0.249 e. The molecular formula is C25H24Cl2FN3O3. The zero-order valence-corrected chi connectivity index (χ0v) is 20.2. The van der Waals surface area contributed by atoms with E-state index in [2.05, 4.69) is 15.5 Å². The van der Waals surface area contributed by atoms with Crippen LogP contribution in [-0.4, -0.2) is 31.0 Å². The highest BCUT2D eigenvalue weighted by molar-refractivity contribution is 6.33. The fourth-order valence-corrected chi connectivity index (χ4v) is 3.71. The zero-order chi connectivity index (χ0) is 23.2. The Balaban J connectivity index is 0.00000324. The highest BCUT2D eigenvalue weighted by atomic mass is 35.5. The molecule has 0 saturated heterocycles. The Hall–Kier alpha value is -3.13. The van der Waals surface area contributed by atoms with Crippen LogP contribution in [-0.2, 0) is 6.42 Å². The average Bonchev–Trinajstić information content (AvgIpc) is 3.32. The fraction of sp³-hybridized carbons (Fsp3) is 0.200. The van der Waals surface area contributed by atoms with Crippen LogP contribution in [0.3, 0.4) is 0 Å². The summed E-state index contributed by atoms with van der Waals surface area (Å²) in [6.45, 7) is 0.599. The maximum absolute atomic E-state index is 13.5. The van der Waals surface area contributed by atoms with Gasteiger partial charge in [0.05, 0.1) is 24.8 Å². The molecule has 0 fully saturated rings. The Kier molecular flexibility index (Phi) is 8.87. The number of nitrogens with zero attached hydrogens (tertiary/aromatic N) is 2. The summed E-state index contributed by atoms with van der Waals surface area (Å²) in [6.07, 6.45) is 0.712. The number of halogens is 3. The minimum absolute atomic E-state index is 0. The van der Waals surface area contributed by atoms with E-state index in [1.165, 1.54) is 12.1 Å². The molecule has 4 aromatic rings. The highest BCUT2D eigenvalue weighted by Crippen LogP contribution is 2.30. The van der Waals surface area contributed by atoms with E-state index < -0.39 is 6.04 Å². The Bertz CT molecular complexity index is 1220. The van der Waals surface area contributed by atoms with Crippen molar-refractivity contribution in [3.05, 3.63) is 94.6 Å². The molecule has 178 valence electrons. The van der Waals surface area contributed by atoms with E-state index in [1.807, 2.05) is 36.4 Å². The largest absolute Gasteiger partial charge is 0.493 e. The molecule has 1 atom stereocenters. The van der Waals surface area contributed by atoms with Gasteiger partial charge < -0.3 is 19.2 Å². The molecule has 1 unspecified atom stereocenters. The number of methoxy groups -OCH3 is 2. The molecule has 1 N–H and O–H groups in total. The summed E-state index contributed by atoms with van der Waals surface area (Å²) in [5.74, 6) is 1.72. The fourth-order valence-electron chi connectivity index (χ4n) is 3.49. The third kappa shape index (κ3) is 5.86. The monoisotopic (exact) mass is 503 g/mol. The number of ether oxygens (including phenoxy) is 2. The first-order valence-corrected chi connectivity index (χ1v) is 10.7. The normalized spacial score (nSPS) is 11.5. The van der Waals surface area contributed by atoms with Crippen molar-refractivity contribution < 1.29 is 18.3 Å². The predicted octanol–water partition coefficient (Wildman–Crippen LogP) is 5.89. The van der Waals surface area contributed by atoms with Gasteiger partial charge in [0.1, 0.15) is 11.9 Å². The summed E-state index contributed by atoms with van der Waals surface area (Å²) in [5, 5.41) is 12.4. The number of aromatic nitrogens is 2. The van der Waals surface area contributed by atoms with E-state index >= 15 is 0 Å². The van der Waals surface area contributed by atoms with E-state index in [1.54, 1.807) is 32.4 Å². The molecule has 0 saturated carbocycles. The first-order chi connectivity index (χ1) is 16.1. The Morgan fingerprint density at radius 2 is 1.71 bits per heavy atom. The first-order valence-electron chi connectivity index (χ1n) is 10.4. The van der Waals surface area contributed by atoms with Crippen LogP contribution in [0, 0.1) is 5.82 Å². The lowest BCUT2D eigenvalue weighted by molar-refractivity contribution is 0.354. The molecule has 0 aliphatic rings. The second-order valence-corrected chi connectivity index (χ2v) is 7.71. The zero-order valence-electron chi connectivity index (χ0n) is 18.6. The van der Waals surface area contributed by atoms with Gasteiger partial charge in [-0.2, -0.15) is 0 Å². The molecule has 1 heterocycles. The molecule has 0 bridgehead atoms. The van der Waals surface area contributed by atoms with Gasteiger partial charge in [-0.3, -0.25) is 0 Å². The van der Waals surface area contributed by atoms with Crippen molar-refractivity contribution in [2.24, 2.45) is 0 Å². The van der Waals surface area contributed by atoms with Crippen LogP contribution in [0.15, 0.2) is 71.1 Å². The van der Waals surface area contributed by atoms with Gasteiger partial charge in [-0.15, -0.1) is 22.6 Å². The van der Waals surface area contributed by atoms with Crippen LogP contribution in [0.25, 0.3) is 11.5 Å². The van der Waals surface area contributed by atoms with Gasteiger partial charge in [0.25, 0.3) is 0 Å². The molecule has 34 heavy (non-hydrogen) atoms. The van der Waals surface area contributed by atoms with Gasteiger partial charge in [0.2, 0.25) is 11.8 Å². The summed E-state index contributed by atoms with van der Waals surface area (Å²) in [6, 6.07) is 18.8. The summed E-state index contributed by atoms with van der Waals surface area (Å²) in [4.78, 5) is 0. The Morgan fingerprint density at radius 3 is 2.41 bits per heavy atom. The van der Waals surface area contributed by atoms with Crippen molar-refractivity contribution in [2.75, 3.05) is 20.8 Å². The van der Waals surface area contributed by atoms with Crippen LogP contribution in [0.5, 0.6) is 11.5 Å². The maximum atomic E-state index is 13.5. The molecule has 3 aromatic carbocycles. The van der Waals surface area contributed by atoms with E-state index in [0.717, 1.165) is 11.1 Å². The van der Waals surface area contributed by atoms with E-state index in [4.69, 9.17) is 25.5 Å². The number of hydrogen-bond donors (Lipinski definition) is 1. The molecular weight excluding hydrogens is 480 g/mol. The van der Waals surface area contributed by atoms with Crippen molar-refractivity contribution >= 4 is 24.0 Å². The molecule has 1 aromatic heterocycles. The maximum Gasteiger partial charge on any atom is 0.249 e. The molecule has 0 amide bonds. The van der Waals surface area contributed by atoms with E-state index in [9.17, 15) is 4.39 Å². The standard InChI is InChI=1S/C25H23ClFN3O3.ClH/c1-31-21-12-7-16(15-22(21)32-2)13-14-28-23(17-8-10-18(27)11-9-17)25-30-29-24(33-25)19-5-3-4-6-20(19)26;/h3-12,15,23,28H,13-14H2,1-2H3;1H. The minimum atomic E-state index is -0.422. The lowest BCUT2D eigenvalue weighted by Gasteiger charge is -2.16. The van der Waals surface area contributed by atoms with Crippen molar-refractivity contribution in [3.63, 3.8) is 0 Å². The van der Waals surface area contributed by atoms with Gasteiger partial charge >= 0.3 is 0 Å². The molecule has 0 spiro atoms. The van der Waals surface area contributed by atoms with Gasteiger partial charge in [0, 0.05) is 6.54 Å². The van der Waals surface area contributed by atoms with Crippen molar-refractivity contribution in [3.8, 4) is 23.0 Å². The molecule has 6 nitrogen and oxygen atoms in total. The molecule has 0 aliphatic heterocycles. The topological polar surface area (TPSA) is 69.4 Å². The second-order valence-electron chi connectivity index (χ2n) is 7.30. The minimum Gasteiger partial charge on any atom is -0.493 e. The highest BCUT2D eigenvalue weighted by Gasteiger charge is 2.22. The van der Waals surface area contributed by atoms with E-state index in [0.29, 0.717) is 46.8 Å². The number of rotatable bonds is 9. The number of benzene rings is 3. The summed E-state index contributed by atoms with van der Waals surface area (Å²) >= 11 is 6.28. The van der Waals surface area contributed by atoms with Gasteiger partial charge in [-0.1, -0.05) is 41.9 Å². The molecule has 9 heteroatoms. The average molecular weight is 504 g/mol. The van der Waals surface area contributed by atoms with Gasteiger partial charge in [-0.25, -0.2) is 4.39 Å². The second kappa shape index (κ2) is 11.8. The van der Waals surface area contributed by atoms with Crippen molar-refractivity contribution in [2.45, 2.75) is 12.5 Å². The van der Waals surface area contributed by atoms with Gasteiger partial charge in [0.15, 0.2) is 11.5 Å². The summed E-state index contributed by atoms with van der Waals surface area (Å²) in [5.41, 5.74) is 2.53. The number of nitrogens with one attached hydrogen (secondary N) is 1. The van der Waals surface area contributed by atoms with Crippen LogP contribution in [0.2, 0.25) is 5.02 Å². The SMILES string of the molecule is COc1ccc(CCNC(c2ccc(F)cc2)c2nnc(-c3ccccc3Cl)o2)cc1OC.Cl. The quantitative estimate of drug-likeness (QED) is 0.307. The Morgan fingerprint density at radius 1 is 0.971 bits per heavy atom. The first kappa shape index (κ1) is 25.5. The summed E-state index contributed by atoms with van der Waals surface area (Å²) in [7, 11) is 3.21. The molecule has 4 rings (SSSR count). The summed E-state index contributed by atoms with van der Waals surface area (Å²) < 4.78 is 30.2. The van der Waals surface area contributed by atoms with Crippen molar-refractivity contribution in [1.29, 1.82) is 0 Å². The van der Waals surface area contributed by atoms with Crippen LogP contribution < -0.4 is 14.8 Å².